The summed E-state index contributed by atoms with van der Waals surface area (Å²) in [5.41, 5.74) is 5.93. The van der Waals surface area contributed by atoms with Crippen LogP contribution in [0.25, 0.3) is 0 Å². The normalized spacial score (nSPS) is 19.7. The van der Waals surface area contributed by atoms with Gasteiger partial charge in [-0.3, -0.25) is 4.98 Å². The molecule has 2 aromatic heterocycles. The van der Waals surface area contributed by atoms with E-state index in [2.05, 4.69) is 71.7 Å². The van der Waals surface area contributed by atoms with Crippen LogP contribution in [0.1, 0.15) is 39.3 Å². The van der Waals surface area contributed by atoms with Crippen LogP contribution < -0.4 is 10.2 Å². The minimum absolute atomic E-state index is 0.0295. The SMILES string of the molecule is Cc1cc(C)cc(N2C(=S)NC(c3ccccn3)C2c2sccc2C)c1. The summed E-state index contributed by atoms with van der Waals surface area (Å²) in [5.74, 6) is 0. The average molecular weight is 380 g/mol. The van der Waals surface area contributed by atoms with Gasteiger partial charge in [0.05, 0.1) is 17.8 Å². The summed E-state index contributed by atoms with van der Waals surface area (Å²) in [4.78, 5) is 8.19. The molecule has 0 spiro atoms. The van der Waals surface area contributed by atoms with Gasteiger partial charge in [-0.2, -0.15) is 0 Å². The van der Waals surface area contributed by atoms with Crippen molar-refractivity contribution in [2.24, 2.45) is 0 Å². The van der Waals surface area contributed by atoms with Crippen molar-refractivity contribution in [2.45, 2.75) is 32.9 Å². The standard InChI is InChI=1S/C21H21N3S2/c1-13-10-14(2)12-16(11-13)24-19(20-15(3)7-9-26-20)18(23-21(24)25)17-6-4-5-8-22-17/h4-12,18-19H,1-3H3,(H,23,25). The Labute approximate surface area is 163 Å². The Hall–Kier alpha value is -2.24. The molecule has 3 nitrogen and oxygen atoms in total. The zero-order valence-corrected chi connectivity index (χ0v) is 16.7. The fraction of sp³-hybridized carbons (Fsp3) is 0.238. The minimum Gasteiger partial charge on any atom is -0.351 e. The topological polar surface area (TPSA) is 28.2 Å². The first kappa shape index (κ1) is 17.2. The summed E-state index contributed by atoms with van der Waals surface area (Å²) in [6, 6.07) is 15.0. The maximum absolute atomic E-state index is 5.77. The molecule has 3 heterocycles. The van der Waals surface area contributed by atoms with Crippen LogP contribution in [-0.4, -0.2) is 10.1 Å². The van der Waals surface area contributed by atoms with Gasteiger partial charge in [0.2, 0.25) is 0 Å². The van der Waals surface area contributed by atoms with Gasteiger partial charge in [-0.25, -0.2) is 0 Å². The lowest BCUT2D eigenvalue weighted by molar-refractivity contribution is 0.573. The predicted octanol–water partition coefficient (Wildman–Crippen LogP) is 5.25. The minimum atomic E-state index is 0.0295. The van der Waals surface area contributed by atoms with Crippen LogP contribution in [0, 0.1) is 20.8 Å². The van der Waals surface area contributed by atoms with E-state index in [0.717, 1.165) is 16.5 Å². The number of benzene rings is 1. The summed E-state index contributed by atoms with van der Waals surface area (Å²) >= 11 is 7.56. The molecule has 0 saturated carbocycles. The molecule has 3 aromatic rings. The Morgan fingerprint density at radius 2 is 1.85 bits per heavy atom. The van der Waals surface area contributed by atoms with Crippen molar-refractivity contribution < 1.29 is 0 Å². The molecular weight excluding hydrogens is 358 g/mol. The fourth-order valence-corrected chi connectivity index (χ4v) is 5.08. The smallest absolute Gasteiger partial charge is 0.174 e. The first-order chi connectivity index (χ1) is 12.5. The molecule has 132 valence electrons. The first-order valence-corrected chi connectivity index (χ1v) is 9.96. The Balaban J connectivity index is 1.86. The number of thiocarbonyl (C=S) groups is 1. The Kier molecular flexibility index (Phi) is 4.51. The van der Waals surface area contributed by atoms with Crippen molar-refractivity contribution in [3.63, 3.8) is 0 Å². The van der Waals surface area contributed by atoms with E-state index >= 15 is 0 Å². The van der Waals surface area contributed by atoms with E-state index in [9.17, 15) is 0 Å². The number of nitrogens with one attached hydrogen (secondary N) is 1. The monoisotopic (exact) mass is 379 g/mol. The zero-order valence-electron chi connectivity index (χ0n) is 15.1. The second kappa shape index (κ2) is 6.82. The predicted molar refractivity (Wildman–Crippen MR) is 113 cm³/mol. The molecule has 1 aliphatic rings. The van der Waals surface area contributed by atoms with Crippen LogP contribution >= 0.6 is 23.6 Å². The van der Waals surface area contributed by atoms with Gasteiger partial charge in [-0.1, -0.05) is 12.1 Å². The third kappa shape index (κ3) is 3.02. The van der Waals surface area contributed by atoms with Gasteiger partial charge < -0.3 is 10.2 Å². The second-order valence-electron chi connectivity index (χ2n) is 6.81. The van der Waals surface area contributed by atoms with Gasteiger partial charge >= 0.3 is 0 Å². The average Bonchev–Trinajstić information content (AvgIpc) is 3.17. The number of hydrogen-bond acceptors (Lipinski definition) is 3. The van der Waals surface area contributed by atoms with Gasteiger partial charge in [0, 0.05) is 16.8 Å². The lowest BCUT2D eigenvalue weighted by Crippen LogP contribution is -2.29. The van der Waals surface area contributed by atoms with E-state index < -0.39 is 0 Å². The fourth-order valence-electron chi connectivity index (χ4n) is 3.68. The van der Waals surface area contributed by atoms with Crippen LogP contribution in [0.4, 0.5) is 5.69 Å². The van der Waals surface area contributed by atoms with Crippen molar-refractivity contribution >= 4 is 34.4 Å². The molecule has 0 radical (unpaired) electrons. The number of anilines is 1. The van der Waals surface area contributed by atoms with Crippen molar-refractivity contribution in [2.75, 3.05) is 4.90 Å². The summed E-state index contributed by atoms with van der Waals surface area (Å²) in [5, 5.41) is 6.43. The molecule has 0 amide bonds. The molecule has 1 saturated heterocycles. The molecule has 0 aliphatic carbocycles. The highest BCUT2D eigenvalue weighted by atomic mass is 32.1. The second-order valence-corrected chi connectivity index (χ2v) is 8.14. The molecule has 1 aromatic carbocycles. The van der Waals surface area contributed by atoms with E-state index in [1.54, 1.807) is 11.3 Å². The van der Waals surface area contributed by atoms with Crippen molar-refractivity contribution in [1.82, 2.24) is 10.3 Å². The Morgan fingerprint density at radius 1 is 1.08 bits per heavy atom. The third-order valence-corrected chi connectivity index (χ3v) is 6.16. The molecule has 5 heteroatoms. The molecule has 1 N–H and O–H groups in total. The number of hydrogen-bond donors (Lipinski definition) is 1. The molecule has 1 aliphatic heterocycles. The van der Waals surface area contributed by atoms with Gasteiger partial charge in [-0.05, 0) is 85.4 Å². The number of aryl methyl sites for hydroxylation is 3. The molecule has 4 rings (SSSR count). The van der Waals surface area contributed by atoms with Crippen molar-refractivity contribution in [3.8, 4) is 0 Å². The first-order valence-electron chi connectivity index (χ1n) is 8.67. The molecule has 0 bridgehead atoms. The van der Waals surface area contributed by atoms with E-state index in [1.807, 2.05) is 18.3 Å². The molecule has 2 unspecified atom stereocenters. The summed E-state index contributed by atoms with van der Waals surface area (Å²) < 4.78 is 0. The number of pyridine rings is 1. The summed E-state index contributed by atoms with van der Waals surface area (Å²) in [7, 11) is 0. The molecule has 26 heavy (non-hydrogen) atoms. The number of aromatic nitrogens is 1. The maximum Gasteiger partial charge on any atom is 0.174 e. The van der Waals surface area contributed by atoms with Crippen LogP contribution in [0.15, 0.2) is 54.0 Å². The number of rotatable bonds is 3. The van der Waals surface area contributed by atoms with Crippen LogP contribution in [0.5, 0.6) is 0 Å². The van der Waals surface area contributed by atoms with Gasteiger partial charge in [0.15, 0.2) is 5.11 Å². The third-order valence-electron chi connectivity index (χ3n) is 4.75. The molecule has 1 fully saturated rings. The lowest BCUT2D eigenvalue weighted by atomic mass is 10.00. The zero-order chi connectivity index (χ0) is 18.3. The largest absolute Gasteiger partial charge is 0.351 e. The van der Waals surface area contributed by atoms with Crippen LogP contribution in [0.3, 0.4) is 0 Å². The maximum atomic E-state index is 5.77. The lowest BCUT2D eigenvalue weighted by Gasteiger charge is -2.28. The number of nitrogens with zero attached hydrogens (tertiary/aromatic N) is 2. The van der Waals surface area contributed by atoms with E-state index in [-0.39, 0.29) is 12.1 Å². The Bertz CT molecular complexity index is 929. The van der Waals surface area contributed by atoms with Crippen LogP contribution in [0.2, 0.25) is 0 Å². The van der Waals surface area contributed by atoms with E-state index in [1.165, 1.54) is 21.6 Å². The summed E-state index contributed by atoms with van der Waals surface area (Å²) in [6.45, 7) is 6.43. The Morgan fingerprint density at radius 3 is 2.46 bits per heavy atom. The van der Waals surface area contributed by atoms with Gasteiger partial charge in [-0.15, -0.1) is 11.3 Å². The molecular formula is C21H21N3S2. The van der Waals surface area contributed by atoms with E-state index in [0.29, 0.717) is 0 Å². The highest BCUT2D eigenvalue weighted by molar-refractivity contribution is 7.80. The number of thiophene rings is 1. The van der Waals surface area contributed by atoms with E-state index in [4.69, 9.17) is 12.2 Å². The summed E-state index contributed by atoms with van der Waals surface area (Å²) in [6.07, 6.45) is 1.85. The van der Waals surface area contributed by atoms with Crippen molar-refractivity contribution in [1.29, 1.82) is 0 Å². The van der Waals surface area contributed by atoms with Crippen molar-refractivity contribution in [3.05, 3.63) is 81.3 Å². The quantitative estimate of drug-likeness (QED) is 0.630. The van der Waals surface area contributed by atoms with Gasteiger partial charge in [0.25, 0.3) is 0 Å². The van der Waals surface area contributed by atoms with Gasteiger partial charge in [0.1, 0.15) is 0 Å². The molecule has 2 atom stereocenters. The highest BCUT2D eigenvalue weighted by Gasteiger charge is 2.41. The highest BCUT2D eigenvalue weighted by Crippen LogP contribution is 2.44. The van der Waals surface area contributed by atoms with Crippen LogP contribution in [-0.2, 0) is 0 Å².